The predicted octanol–water partition coefficient (Wildman–Crippen LogP) is 1.81. The molecule has 3 N–H and O–H groups in total. The highest BCUT2D eigenvalue weighted by molar-refractivity contribution is 5.74. The van der Waals surface area contributed by atoms with E-state index in [-0.39, 0.29) is 18.7 Å². The molecule has 0 saturated carbocycles. The lowest BCUT2D eigenvalue weighted by molar-refractivity contribution is 0.185. The van der Waals surface area contributed by atoms with Gasteiger partial charge < -0.3 is 20.6 Å². The van der Waals surface area contributed by atoms with Crippen LogP contribution in [0.4, 0.5) is 4.79 Å². The highest BCUT2D eigenvalue weighted by Gasteiger charge is 2.18. The normalized spacial score (nSPS) is 18.7. The van der Waals surface area contributed by atoms with Gasteiger partial charge in [-0.1, -0.05) is 20.8 Å². The molecule has 0 aromatic carbocycles. The summed E-state index contributed by atoms with van der Waals surface area (Å²) in [6.07, 6.45) is 4.17. The van der Waals surface area contributed by atoms with Crippen LogP contribution in [0, 0.1) is 11.8 Å². The number of likely N-dealkylation sites (tertiary alicyclic amines) is 1. The molecule has 0 aromatic heterocycles. The average Bonchev–Trinajstić information content (AvgIpc) is 2.47. The van der Waals surface area contributed by atoms with E-state index >= 15 is 0 Å². The summed E-state index contributed by atoms with van der Waals surface area (Å²) in [5.74, 6) is 1.08. The Morgan fingerprint density at radius 3 is 2.52 bits per heavy atom. The zero-order chi connectivity index (χ0) is 15.7. The number of rotatable bonds is 8. The maximum absolute atomic E-state index is 11.9. The number of amides is 2. The third kappa shape index (κ3) is 7.14. The lowest BCUT2D eigenvalue weighted by atomic mass is 9.93. The minimum absolute atomic E-state index is 0.0443. The number of hydrogen-bond acceptors (Lipinski definition) is 3. The second-order valence-electron chi connectivity index (χ2n) is 6.43. The Balaban J connectivity index is 2.15. The first-order valence-corrected chi connectivity index (χ1v) is 8.44. The van der Waals surface area contributed by atoms with Gasteiger partial charge in [-0.05, 0) is 57.2 Å². The summed E-state index contributed by atoms with van der Waals surface area (Å²) >= 11 is 0. The maximum atomic E-state index is 11.9. The average molecular weight is 299 g/mol. The van der Waals surface area contributed by atoms with Crippen LogP contribution < -0.4 is 10.6 Å². The first kappa shape index (κ1) is 18.2. The van der Waals surface area contributed by atoms with Crippen molar-refractivity contribution in [2.24, 2.45) is 11.8 Å². The van der Waals surface area contributed by atoms with Gasteiger partial charge in [0.15, 0.2) is 0 Å². The molecule has 5 nitrogen and oxygen atoms in total. The number of carbonyl (C=O) groups is 1. The molecule has 5 heteroatoms. The van der Waals surface area contributed by atoms with Gasteiger partial charge in [-0.25, -0.2) is 4.79 Å². The Bertz CT molecular complexity index is 289. The molecule has 0 radical (unpaired) electrons. The van der Waals surface area contributed by atoms with Crippen molar-refractivity contribution in [3.63, 3.8) is 0 Å². The van der Waals surface area contributed by atoms with E-state index in [2.05, 4.69) is 36.3 Å². The molecule has 21 heavy (non-hydrogen) atoms. The van der Waals surface area contributed by atoms with Crippen molar-refractivity contribution < 1.29 is 9.90 Å². The van der Waals surface area contributed by atoms with Crippen molar-refractivity contribution in [3.05, 3.63) is 0 Å². The van der Waals surface area contributed by atoms with Crippen LogP contribution in [0.3, 0.4) is 0 Å². The molecule has 1 atom stereocenters. The molecular weight excluding hydrogens is 266 g/mol. The molecular formula is C16H33N3O2. The molecule has 1 fully saturated rings. The third-order valence-electron chi connectivity index (χ3n) is 4.55. The third-order valence-corrected chi connectivity index (χ3v) is 4.55. The second-order valence-corrected chi connectivity index (χ2v) is 6.43. The highest BCUT2D eigenvalue weighted by atomic mass is 16.3. The van der Waals surface area contributed by atoms with Gasteiger partial charge >= 0.3 is 6.03 Å². The van der Waals surface area contributed by atoms with Gasteiger partial charge in [-0.15, -0.1) is 0 Å². The fraction of sp³-hybridized carbons (Fsp3) is 0.938. The van der Waals surface area contributed by atoms with E-state index in [4.69, 9.17) is 5.11 Å². The summed E-state index contributed by atoms with van der Waals surface area (Å²) in [4.78, 5) is 14.3. The van der Waals surface area contributed by atoms with Crippen molar-refractivity contribution in [3.8, 4) is 0 Å². The first-order valence-electron chi connectivity index (χ1n) is 8.44. The van der Waals surface area contributed by atoms with Gasteiger partial charge in [-0.2, -0.15) is 0 Å². The van der Waals surface area contributed by atoms with Gasteiger partial charge in [0.1, 0.15) is 0 Å². The van der Waals surface area contributed by atoms with Crippen LogP contribution in [-0.4, -0.2) is 54.9 Å². The van der Waals surface area contributed by atoms with Crippen LogP contribution in [0.2, 0.25) is 0 Å². The highest BCUT2D eigenvalue weighted by Crippen LogP contribution is 2.19. The minimum atomic E-state index is -0.104. The van der Waals surface area contributed by atoms with Crippen LogP contribution in [0.1, 0.15) is 46.5 Å². The molecule has 124 valence electrons. The van der Waals surface area contributed by atoms with E-state index in [1.54, 1.807) is 0 Å². The van der Waals surface area contributed by atoms with Crippen molar-refractivity contribution in [1.82, 2.24) is 15.5 Å². The fourth-order valence-corrected chi connectivity index (χ4v) is 2.91. The van der Waals surface area contributed by atoms with Crippen molar-refractivity contribution >= 4 is 6.03 Å². The zero-order valence-electron chi connectivity index (χ0n) is 13.9. The van der Waals surface area contributed by atoms with Crippen LogP contribution in [0.15, 0.2) is 0 Å². The van der Waals surface area contributed by atoms with Gasteiger partial charge in [-0.3, -0.25) is 0 Å². The number of urea groups is 1. The van der Waals surface area contributed by atoms with Gasteiger partial charge in [0.2, 0.25) is 0 Å². The Kier molecular flexibility index (Phi) is 8.69. The van der Waals surface area contributed by atoms with E-state index in [1.807, 2.05) is 0 Å². The van der Waals surface area contributed by atoms with E-state index in [9.17, 15) is 4.79 Å². The number of piperidine rings is 1. The predicted molar refractivity (Wildman–Crippen MR) is 86.3 cm³/mol. The van der Waals surface area contributed by atoms with Gasteiger partial charge in [0.25, 0.3) is 0 Å². The summed E-state index contributed by atoms with van der Waals surface area (Å²) in [6, 6.07) is -0.0593. The largest absolute Gasteiger partial charge is 0.396 e. The summed E-state index contributed by atoms with van der Waals surface area (Å²) in [7, 11) is 0. The topological polar surface area (TPSA) is 64.6 Å². The Hall–Kier alpha value is -0.810. The number of nitrogens with one attached hydrogen (secondary N) is 2. The number of nitrogens with zero attached hydrogens (tertiary/aromatic N) is 1. The van der Waals surface area contributed by atoms with Crippen molar-refractivity contribution in [2.75, 3.05) is 32.8 Å². The Labute approximate surface area is 129 Å². The molecule has 1 rings (SSSR count). The van der Waals surface area contributed by atoms with E-state index < -0.39 is 0 Å². The van der Waals surface area contributed by atoms with E-state index in [0.29, 0.717) is 12.3 Å². The second kappa shape index (κ2) is 10.0. The number of carbonyl (C=O) groups excluding carboxylic acids is 1. The summed E-state index contributed by atoms with van der Waals surface area (Å²) < 4.78 is 0. The smallest absolute Gasteiger partial charge is 0.315 e. The first-order chi connectivity index (χ1) is 10.1. The summed E-state index contributed by atoms with van der Waals surface area (Å²) in [5, 5.41) is 14.9. The number of hydrogen-bond donors (Lipinski definition) is 3. The minimum Gasteiger partial charge on any atom is -0.396 e. The molecule has 0 bridgehead atoms. The molecule has 1 aliphatic rings. The Morgan fingerprint density at radius 2 is 2.00 bits per heavy atom. The Morgan fingerprint density at radius 1 is 1.33 bits per heavy atom. The zero-order valence-corrected chi connectivity index (χ0v) is 13.9. The van der Waals surface area contributed by atoms with Crippen LogP contribution in [-0.2, 0) is 0 Å². The molecule has 0 aliphatic carbocycles. The van der Waals surface area contributed by atoms with Crippen LogP contribution >= 0.6 is 0 Å². The maximum Gasteiger partial charge on any atom is 0.315 e. The molecule has 1 saturated heterocycles. The fourth-order valence-electron chi connectivity index (χ4n) is 2.91. The van der Waals surface area contributed by atoms with Crippen LogP contribution in [0.25, 0.3) is 0 Å². The standard InChI is InChI=1S/C16H33N3O2/c1-4-19-10-6-14(7-11-19)5-9-17-16(21)18-15(8-12-20)13(2)3/h13-15,20H,4-12H2,1-3H3,(H2,17,18,21). The monoisotopic (exact) mass is 299 g/mol. The molecule has 1 heterocycles. The van der Waals surface area contributed by atoms with Crippen molar-refractivity contribution in [2.45, 2.75) is 52.5 Å². The van der Waals surface area contributed by atoms with E-state index in [0.717, 1.165) is 25.4 Å². The molecule has 1 aliphatic heterocycles. The number of aliphatic hydroxyl groups excluding tert-OH is 1. The quantitative estimate of drug-likeness (QED) is 0.640. The molecule has 1 unspecified atom stereocenters. The summed E-state index contributed by atoms with van der Waals surface area (Å²) in [5.41, 5.74) is 0. The number of aliphatic hydroxyl groups is 1. The summed E-state index contributed by atoms with van der Waals surface area (Å²) in [6.45, 7) is 10.7. The van der Waals surface area contributed by atoms with Gasteiger partial charge in [0, 0.05) is 19.2 Å². The lowest BCUT2D eigenvalue weighted by Gasteiger charge is -2.31. The molecule has 0 aromatic rings. The van der Waals surface area contributed by atoms with E-state index in [1.165, 1.54) is 25.9 Å². The SMILES string of the molecule is CCN1CCC(CCNC(=O)NC(CCO)C(C)C)CC1. The van der Waals surface area contributed by atoms with Gasteiger partial charge in [0.05, 0.1) is 0 Å². The lowest BCUT2D eigenvalue weighted by Crippen LogP contribution is -2.45. The van der Waals surface area contributed by atoms with Crippen molar-refractivity contribution in [1.29, 1.82) is 0 Å². The van der Waals surface area contributed by atoms with Crippen LogP contribution in [0.5, 0.6) is 0 Å². The molecule has 0 spiro atoms. The molecule has 2 amide bonds.